The number of piperazine rings is 1. The van der Waals surface area contributed by atoms with Gasteiger partial charge in [0.05, 0.1) is 11.1 Å². The zero-order chi connectivity index (χ0) is 19.6. The predicted octanol–water partition coefficient (Wildman–Crippen LogP) is 3.81. The van der Waals surface area contributed by atoms with Gasteiger partial charge in [-0.15, -0.1) is 0 Å². The fourth-order valence-corrected chi connectivity index (χ4v) is 5.47. The second-order valence-electron chi connectivity index (χ2n) is 6.10. The lowest BCUT2D eigenvalue weighted by molar-refractivity contribution is 0.162. The number of hydrogen-bond acceptors (Lipinski definition) is 4. The molecule has 1 saturated heterocycles. The summed E-state index contributed by atoms with van der Waals surface area (Å²) < 4.78 is 40.9. The lowest BCUT2D eigenvalue weighted by atomic mass is 10.1. The molecule has 142 valence electrons. The Labute approximate surface area is 171 Å². The first-order valence-corrected chi connectivity index (χ1v) is 10.8. The Bertz CT molecular complexity index is 971. The molecule has 2 aromatic carbocycles. The largest absolute Gasteiger partial charge is 0.282 e. The molecule has 1 atom stereocenters. The summed E-state index contributed by atoms with van der Waals surface area (Å²) in [5.74, 6) is -0.363. The van der Waals surface area contributed by atoms with E-state index in [1.165, 1.54) is 22.5 Å². The van der Waals surface area contributed by atoms with Crippen molar-refractivity contribution in [3.05, 3.63) is 63.3 Å². The molecule has 0 amide bonds. The van der Waals surface area contributed by atoms with E-state index < -0.39 is 16.1 Å². The highest BCUT2D eigenvalue weighted by atomic mass is 79.9. The van der Waals surface area contributed by atoms with E-state index in [1.54, 1.807) is 24.3 Å². The third kappa shape index (κ3) is 4.33. The topological polar surface area (TPSA) is 64.4 Å². The van der Waals surface area contributed by atoms with Gasteiger partial charge in [-0.1, -0.05) is 39.7 Å². The van der Waals surface area contributed by atoms with Crippen LogP contribution in [-0.2, 0) is 10.0 Å². The molecule has 0 bridgehead atoms. The lowest BCUT2D eigenvalue weighted by Crippen LogP contribution is -2.49. The third-order valence-electron chi connectivity index (χ3n) is 4.46. The molecule has 0 radical (unpaired) electrons. The van der Waals surface area contributed by atoms with Crippen LogP contribution >= 0.6 is 27.5 Å². The van der Waals surface area contributed by atoms with E-state index in [4.69, 9.17) is 11.6 Å². The van der Waals surface area contributed by atoms with Crippen molar-refractivity contribution in [3.8, 4) is 6.07 Å². The molecule has 2 aromatic rings. The van der Waals surface area contributed by atoms with Gasteiger partial charge in [0.25, 0.3) is 0 Å². The van der Waals surface area contributed by atoms with Crippen LogP contribution in [0.4, 0.5) is 4.39 Å². The highest BCUT2D eigenvalue weighted by Crippen LogP contribution is 2.29. The molecule has 1 fully saturated rings. The van der Waals surface area contributed by atoms with E-state index in [9.17, 15) is 18.1 Å². The summed E-state index contributed by atoms with van der Waals surface area (Å²) in [6.07, 6.45) is 0. The van der Waals surface area contributed by atoms with Gasteiger partial charge in [0, 0.05) is 30.7 Å². The number of hydrogen-bond donors (Lipinski definition) is 0. The summed E-state index contributed by atoms with van der Waals surface area (Å²) >= 11 is 9.37. The van der Waals surface area contributed by atoms with Crippen molar-refractivity contribution in [2.24, 2.45) is 0 Å². The summed E-state index contributed by atoms with van der Waals surface area (Å²) in [6, 6.07) is 12.1. The number of halogens is 3. The maximum Gasteiger partial charge on any atom is 0.244 e. The Hall–Kier alpha value is -1.50. The highest BCUT2D eigenvalue weighted by Gasteiger charge is 2.32. The monoisotopic (exact) mass is 471 g/mol. The fourth-order valence-electron chi connectivity index (χ4n) is 3.04. The molecule has 1 unspecified atom stereocenters. The van der Waals surface area contributed by atoms with E-state index in [0.717, 1.165) is 0 Å². The van der Waals surface area contributed by atoms with Crippen LogP contribution in [0.2, 0.25) is 5.02 Å². The van der Waals surface area contributed by atoms with Crippen molar-refractivity contribution < 1.29 is 12.8 Å². The predicted molar refractivity (Wildman–Crippen MR) is 104 cm³/mol. The van der Waals surface area contributed by atoms with Gasteiger partial charge < -0.3 is 0 Å². The molecule has 1 heterocycles. The summed E-state index contributed by atoms with van der Waals surface area (Å²) in [6.45, 7) is 1.27. The number of nitriles is 1. The van der Waals surface area contributed by atoms with Gasteiger partial charge >= 0.3 is 0 Å². The first-order valence-electron chi connectivity index (χ1n) is 8.17. The molecule has 0 spiro atoms. The first-order chi connectivity index (χ1) is 12.8. The van der Waals surface area contributed by atoms with Crippen LogP contribution in [0.1, 0.15) is 11.6 Å². The van der Waals surface area contributed by atoms with Gasteiger partial charge in [-0.05, 0) is 35.9 Å². The van der Waals surface area contributed by atoms with E-state index in [1.807, 2.05) is 4.90 Å². The summed E-state index contributed by atoms with van der Waals surface area (Å²) in [5, 5.41) is 9.69. The van der Waals surface area contributed by atoms with Crippen molar-refractivity contribution in [1.82, 2.24) is 9.21 Å². The van der Waals surface area contributed by atoms with Gasteiger partial charge in [0.2, 0.25) is 10.0 Å². The van der Waals surface area contributed by atoms with Crippen LogP contribution < -0.4 is 0 Å². The summed E-state index contributed by atoms with van der Waals surface area (Å²) in [7, 11) is -3.71. The van der Waals surface area contributed by atoms with Crippen LogP contribution in [0.25, 0.3) is 0 Å². The number of sulfonamides is 1. The summed E-state index contributed by atoms with van der Waals surface area (Å²) in [4.78, 5) is 1.96. The molecular formula is C18H16BrClFN3O2S. The normalized spacial score (nSPS) is 17.4. The third-order valence-corrected chi connectivity index (χ3v) is 7.33. The van der Waals surface area contributed by atoms with Crippen LogP contribution in [0, 0.1) is 17.1 Å². The molecule has 0 aliphatic carbocycles. The molecule has 27 heavy (non-hydrogen) atoms. The second kappa shape index (κ2) is 8.25. The zero-order valence-electron chi connectivity index (χ0n) is 14.1. The van der Waals surface area contributed by atoms with Crippen molar-refractivity contribution >= 4 is 37.6 Å². The standard InChI is InChI=1S/C18H16BrClFN3O2S/c19-14-3-6-18(16(20)11-14)27(25,26)24-9-7-23(8-10-24)17(12-22)13-1-4-15(21)5-2-13/h1-6,11,17H,7-10H2. The summed E-state index contributed by atoms with van der Waals surface area (Å²) in [5.41, 5.74) is 0.686. The SMILES string of the molecule is N#CC(c1ccc(F)cc1)N1CCN(S(=O)(=O)c2ccc(Br)cc2Cl)CC1. The molecule has 0 aromatic heterocycles. The minimum absolute atomic E-state index is 0.0659. The number of rotatable bonds is 4. The molecule has 0 N–H and O–H groups in total. The van der Waals surface area contributed by atoms with Gasteiger partial charge in [-0.25, -0.2) is 12.8 Å². The maximum atomic E-state index is 13.1. The molecular weight excluding hydrogens is 457 g/mol. The molecule has 3 rings (SSSR count). The van der Waals surface area contributed by atoms with Crippen LogP contribution in [0.5, 0.6) is 0 Å². The van der Waals surface area contributed by atoms with E-state index in [2.05, 4.69) is 22.0 Å². The Morgan fingerprint density at radius 3 is 2.30 bits per heavy atom. The Balaban J connectivity index is 1.74. The first kappa shape index (κ1) is 20.2. The van der Waals surface area contributed by atoms with Crippen LogP contribution in [-0.4, -0.2) is 43.8 Å². The Kier molecular flexibility index (Phi) is 6.18. The molecule has 1 aliphatic heterocycles. The molecule has 9 heteroatoms. The average molecular weight is 473 g/mol. The number of benzene rings is 2. The Morgan fingerprint density at radius 1 is 1.11 bits per heavy atom. The quantitative estimate of drug-likeness (QED) is 0.679. The van der Waals surface area contributed by atoms with Crippen molar-refractivity contribution in [2.45, 2.75) is 10.9 Å². The second-order valence-corrected chi connectivity index (χ2v) is 9.33. The average Bonchev–Trinajstić information content (AvgIpc) is 2.64. The van der Waals surface area contributed by atoms with Crippen molar-refractivity contribution in [1.29, 1.82) is 5.26 Å². The smallest absolute Gasteiger partial charge is 0.244 e. The Morgan fingerprint density at radius 2 is 1.74 bits per heavy atom. The lowest BCUT2D eigenvalue weighted by Gasteiger charge is -2.36. The minimum atomic E-state index is -3.71. The van der Waals surface area contributed by atoms with Gasteiger partial charge in [0.15, 0.2) is 0 Å². The highest BCUT2D eigenvalue weighted by molar-refractivity contribution is 9.10. The number of nitrogens with zero attached hydrogens (tertiary/aromatic N) is 3. The minimum Gasteiger partial charge on any atom is -0.282 e. The molecule has 5 nitrogen and oxygen atoms in total. The van der Waals surface area contributed by atoms with E-state index >= 15 is 0 Å². The van der Waals surface area contributed by atoms with Crippen LogP contribution in [0.3, 0.4) is 0 Å². The van der Waals surface area contributed by atoms with Crippen molar-refractivity contribution in [2.75, 3.05) is 26.2 Å². The van der Waals surface area contributed by atoms with Gasteiger partial charge in [-0.2, -0.15) is 9.57 Å². The van der Waals surface area contributed by atoms with E-state index in [-0.39, 0.29) is 28.8 Å². The van der Waals surface area contributed by atoms with Gasteiger partial charge in [-0.3, -0.25) is 4.90 Å². The fraction of sp³-hybridized carbons (Fsp3) is 0.278. The molecule has 0 saturated carbocycles. The zero-order valence-corrected chi connectivity index (χ0v) is 17.3. The van der Waals surface area contributed by atoms with Gasteiger partial charge in [0.1, 0.15) is 16.8 Å². The van der Waals surface area contributed by atoms with Crippen molar-refractivity contribution in [3.63, 3.8) is 0 Å². The molecule has 1 aliphatic rings. The maximum absolute atomic E-state index is 13.1. The van der Waals surface area contributed by atoms with Crippen LogP contribution in [0.15, 0.2) is 51.8 Å². The van der Waals surface area contributed by atoms with E-state index in [0.29, 0.717) is 23.1 Å².